The zero-order valence-corrected chi connectivity index (χ0v) is 18.1. The van der Waals surface area contributed by atoms with Crippen molar-refractivity contribution in [3.63, 3.8) is 0 Å². The number of amides is 2. The maximum Gasteiger partial charge on any atom is 0.270 e. The number of hydrogen-bond donors (Lipinski definition) is 1. The van der Waals surface area contributed by atoms with Crippen molar-refractivity contribution >= 4 is 60.7 Å². The summed E-state index contributed by atoms with van der Waals surface area (Å²) in [7, 11) is 0. The number of nitro benzene ring substituents is 1. The van der Waals surface area contributed by atoms with Gasteiger partial charge in [0, 0.05) is 46.0 Å². The number of benzene rings is 1. The van der Waals surface area contributed by atoms with Crippen LogP contribution in [0.5, 0.6) is 0 Å². The number of nitrogens with one attached hydrogen (secondary N) is 1. The van der Waals surface area contributed by atoms with Gasteiger partial charge >= 0.3 is 0 Å². The van der Waals surface area contributed by atoms with Gasteiger partial charge in [-0.3, -0.25) is 19.7 Å². The van der Waals surface area contributed by atoms with Crippen molar-refractivity contribution < 1.29 is 14.5 Å². The van der Waals surface area contributed by atoms with Crippen molar-refractivity contribution in [1.29, 1.82) is 0 Å². The van der Waals surface area contributed by atoms with Gasteiger partial charge in [-0.25, -0.2) is 4.98 Å². The van der Waals surface area contributed by atoms with Crippen molar-refractivity contribution in [3.8, 4) is 0 Å². The van der Waals surface area contributed by atoms with Crippen molar-refractivity contribution in [2.24, 2.45) is 5.92 Å². The minimum absolute atomic E-state index is 0.00411. The summed E-state index contributed by atoms with van der Waals surface area (Å²) in [5, 5.41) is 14.4. The van der Waals surface area contributed by atoms with Crippen LogP contribution in [0.4, 0.5) is 11.5 Å². The van der Waals surface area contributed by atoms with Crippen LogP contribution in [0.2, 0.25) is 0 Å². The molecule has 4 rings (SSSR count). The predicted molar refractivity (Wildman–Crippen MR) is 118 cm³/mol. The van der Waals surface area contributed by atoms with Crippen LogP contribution >= 0.6 is 27.3 Å². The maximum absolute atomic E-state index is 13.0. The third kappa shape index (κ3) is 4.34. The number of nitrogens with zero attached hydrogens (tertiary/aromatic N) is 3. The van der Waals surface area contributed by atoms with Gasteiger partial charge in [0.25, 0.3) is 11.6 Å². The van der Waals surface area contributed by atoms with E-state index in [1.54, 1.807) is 35.4 Å². The first kappa shape index (κ1) is 20.4. The van der Waals surface area contributed by atoms with Crippen molar-refractivity contribution in [1.82, 2.24) is 9.88 Å². The second kappa shape index (κ2) is 8.49. The molecule has 1 aliphatic rings. The van der Waals surface area contributed by atoms with Crippen molar-refractivity contribution in [2.45, 2.75) is 12.8 Å². The van der Waals surface area contributed by atoms with E-state index in [1.807, 2.05) is 0 Å². The summed E-state index contributed by atoms with van der Waals surface area (Å²) in [5.74, 6) is -0.159. The molecule has 1 N–H and O–H groups in total. The first-order valence-electron chi connectivity index (χ1n) is 9.30. The molecule has 0 radical (unpaired) electrons. The van der Waals surface area contributed by atoms with Crippen LogP contribution in [0.25, 0.3) is 10.1 Å². The van der Waals surface area contributed by atoms with Gasteiger partial charge in [-0.05, 0) is 53.0 Å². The number of rotatable bonds is 4. The Labute approximate surface area is 184 Å². The van der Waals surface area contributed by atoms with Crippen LogP contribution in [0.15, 0.2) is 47.1 Å². The van der Waals surface area contributed by atoms with E-state index in [1.165, 1.54) is 23.5 Å². The van der Waals surface area contributed by atoms with Gasteiger partial charge in [-0.1, -0.05) is 0 Å². The number of pyridine rings is 1. The van der Waals surface area contributed by atoms with E-state index >= 15 is 0 Å². The molecule has 154 valence electrons. The highest BCUT2D eigenvalue weighted by Crippen LogP contribution is 2.30. The molecule has 0 bridgehead atoms. The Kier molecular flexibility index (Phi) is 5.78. The number of halogens is 1. The minimum Gasteiger partial charge on any atom is -0.337 e. The number of piperidine rings is 1. The number of fused-ring (bicyclic) bond motifs is 1. The molecule has 1 saturated heterocycles. The van der Waals surface area contributed by atoms with Crippen LogP contribution in [0.3, 0.4) is 0 Å². The molecule has 8 nitrogen and oxygen atoms in total. The van der Waals surface area contributed by atoms with Crippen LogP contribution in [-0.4, -0.2) is 39.7 Å². The highest BCUT2D eigenvalue weighted by Gasteiger charge is 2.30. The van der Waals surface area contributed by atoms with Crippen LogP contribution in [0, 0.1) is 16.0 Å². The van der Waals surface area contributed by atoms with Gasteiger partial charge in [0.15, 0.2) is 0 Å². The molecular weight excluding hydrogens is 472 g/mol. The van der Waals surface area contributed by atoms with E-state index in [9.17, 15) is 19.7 Å². The summed E-state index contributed by atoms with van der Waals surface area (Å²) in [4.78, 5) is 42.5. The van der Waals surface area contributed by atoms with Gasteiger partial charge < -0.3 is 10.2 Å². The smallest absolute Gasteiger partial charge is 0.270 e. The molecule has 0 unspecified atom stereocenters. The third-order valence-electron chi connectivity index (χ3n) is 4.98. The zero-order valence-electron chi connectivity index (χ0n) is 15.7. The number of likely N-dealkylation sites (tertiary alicyclic amines) is 1. The summed E-state index contributed by atoms with van der Waals surface area (Å²) in [5.41, 5.74) is -0.00411. The Bertz CT molecular complexity index is 1130. The normalized spacial score (nSPS) is 16.4. The third-order valence-corrected chi connectivity index (χ3v) is 6.55. The van der Waals surface area contributed by atoms with Crippen LogP contribution in [-0.2, 0) is 4.79 Å². The molecular formula is C20H17BrN4O4S. The van der Waals surface area contributed by atoms with Gasteiger partial charge in [-0.15, -0.1) is 11.3 Å². The molecule has 0 spiro atoms. The van der Waals surface area contributed by atoms with Crippen LogP contribution < -0.4 is 5.32 Å². The monoisotopic (exact) mass is 488 g/mol. The van der Waals surface area contributed by atoms with Gasteiger partial charge in [-0.2, -0.15) is 0 Å². The molecule has 30 heavy (non-hydrogen) atoms. The number of thiophene rings is 1. The predicted octanol–water partition coefficient (Wildman–Crippen LogP) is 4.46. The Hall–Kier alpha value is -2.85. The van der Waals surface area contributed by atoms with E-state index in [0.717, 1.165) is 15.6 Å². The molecule has 3 aromatic rings. The summed E-state index contributed by atoms with van der Waals surface area (Å²) in [6, 6.07) is 9.76. The lowest BCUT2D eigenvalue weighted by atomic mass is 9.97. The molecule has 3 heterocycles. The highest BCUT2D eigenvalue weighted by molar-refractivity contribution is 9.10. The summed E-state index contributed by atoms with van der Waals surface area (Å²) in [6.07, 6.45) is 3.04. The number of nitro groups is 1. The molecule has 0 saturated carbocycles. The molecule has 10 heteroatoms. The average Bonchev–Trinajstić information content (AvgIpc) is 3.18. The molecule has 2 amide bonds. The van der Waals surface area contributed by atoms with E-state index in [0.29, 0.717) is 35.6 Å². The lowest BCUT2D eigenvalue weighted by Crippen LogP contribution is -2.43. The second-order valence-corrected chi connectivity index (χ2v) is 9.03. The Balaban J connectivity index is 1.46. The van der Waals surface area contributed by atoms with Gasteiger partial charge in [0.1, 0.15) is 5.82 Å². The molecule has 1 fully saturated rings. The van der Waals surface area contributed by atoms with E-state index in [2.05, 4.69) is 26.2 Å². The fraction of sp³-hybridized carbons (Fsp3) is 0.250. The SMILES string of the molecule is O=C(Nc1ccc(Br)cn1)[C@@H]1CCCN(C(=O)c2cc3cc([N+](=O)[O-])ccc3s2)C1. The minimum atomic E-state index is -0.452. The van der Waals surface area contributed by atoms with Gasteiger partial charge in [0.05, 0.1) is 15.7 Å². The fourth-order valence-corrected chi connectivity index (χ4v) is 4.70. The number of non-ortho nitro benzene ring substituents is 1. The topological polar surface area (TPSA) is 105 Å². The number of anilines is 1. The summed E-state index contributed by atoms with van der Waals surface area (Å²) < 4.78 is 1.64. The average molecular weight is 489 g/mol. The van der Waals surface area contributed by atoms with Crippen molar-refractivity contribution in [3.05, 3.63) is 62.1 Å². The molecule has 0 aliphatic carbocycles. The van der Waals surface area contributed by atoms with Gasteiger partial charge in [0.2, 0.25) is 5.91 Å². The number of hydrogen-bond acceptors (Lipinski definition) is 6. The number of carbonyl (C=O) groups excluding carboxylic acids is 2. The summed E-state index contributed by atoms with van der Waals surface area (Å²) in [6.45, 7) is 0.906. The quantitative estimate of drug-likeness (QED) is 0.431. The van der Waals surface area contributed by atoms with E-state index < -0.39 is 4.92 Å². The molecule has 2 aromatic heterocycles. The number of carbonyl (C=O) groups is 2. The number of aromatic nitrogens is 1. The fourth-order valence-electron chi connectivity index (χ4n) is 3.46. The highest BCUT2D eigenvalue weighted by atomic mass is 79.9. The van der Waals surface area contributed by atoms with Crippen LogP contribution in [0.1, 0.15) is 22.5 Å². The Morgan fingerprint density at radius 2 is 2.10 bits per heavy atom. The Morgan fingerprint density at radius 1 is 1.27 bits per heavy atom. The van der Waals surface area contributed by atoms with Crippen molar-refractivity contribution in [2.75, 3.05) is 18.4 Å². The lowest BCUT2D eigenvalue weighted by molar-refractivity contribution is -0.384. The second-order valence-electron chi connectivity index (χ2n) is 7.03. The zero-order chi connectivity index (χ0) is 21.3. The molecule has 1 atom stereocenters. The molecule has 1 aromatic carbocycles. The lowest BCUT2D eigenvalue weighted by Gasteiger charge is -2.31. The maximum atomic E-state index is 13.0. The standard InChI is InChI=1S/C20H17BrN4O4S/c21-14-3-6-18(22-10-14)23-19(26)12-2-1-7-24(11-12)20(27)17-9-13-8-15(25(28)29)4-5-16(13)30-17/h3-6,8-10,12H,1-2,7,11H2,(H,22,23,26)/t12-/m1/s1. The molecule has 1 aliphatic heterocycles. The largest absolute Gasteiger partial charge is 0.337 e. The summed E-state index contributed by atoms with van der Waals surface area (Å²) >= 11 is 4.61. The van der Waals surface area contributed by atoms with E-state index in [-0.39, 0.29) is 23.4 Å². The Morgan fingerprint density at radius 3 is 2.83 bits per heavy atom. The first-order valence-corrected chi connectivity index (χ1v) is 10.9. The first-order chi connectivity index (χ1) is 14.4. The van der Waals surface area contributed by atoms with E-state index in [4.69, 9.17) is 0 Å².